The highest BCUT2D eigenvalue weighted by Crippen LogP contribution is 2.32. The third kappa shape index (κ3) is 4.99. The van der Waals surface area contributed by atoms with Gasteiger partial charge in [-0.2, -0.15) is 9.97 Å². The van der Waals surface area contributed by atoms with Gasteiger partial charge in [0.15, 0.2) is 17.0 Å². The van der Waals surface area contributed by atoms with E-state index in [0.717, 1.165) is 61.9 Å². The number of hydrogen-bond acceptors (Lipinski definition) is 8. The van der Waals surface area contributed by atoms with E-state index >= 15 is 0 Å². The zero-order valence-electron chi connectivity index (χ0n) is 18.5. The van der Waals surface area contributed by atoms with Crippen molar-refractivity contribution in [1.29, 1.82) is 0 Å². The number of fused-ring (bicyclic) bond motifs is 1. The molecule has 9 nitrogen and oxygen atoms in total. The average Bonchev–Trinajstić information content (AvgIpc) is 3.29. The summed E-state index contributed by atoms with van der Waals surface area (Å²) in [4.78, 5) is 21.0. The summed E-state index contributed by atoms with van der Waals surface area (Å²) < 4.78 is 7.71. The highest BCUT2D eigenvalue weighted by molar-refractivity contribution is 5.84. The van der Waals surface area contributed by atoms with Crippen LogP contribution in [-0.2, 0) is 11.3 Å². The van der Waals surface area contributed by atoms with Gasteiger partial charge in [0.1, 0.15) is 0 Å². The monoisotopic (exact) mass is 436 g/mol. The minimum atomic E-state index is 0.469. The van der Waals surface area contributed by atoms with Gasteiger partial charge in [-0.25, -0.2) is 4.98 Å². The molecule has 32 heavy (non-hydrogen) atoms. The summed E-state index contributed by atoms with van der Waals surface area (Å²) in [5.41, 5.74) is 2.85. The third-order valence-electron chi connectivity index (χ3n) is 6.39. The molecule has 0 bridgehead atoms. The Bertz CT molecular complexity index is 996. The van der Waals surface area contributed by atoms with Gasteiger partial charge in [0.05, 0.1) is 19.5 Å². The normalized spacial score (nSPS) is 18.1. The minimum absolute atomic E-state index is 0.469. The predicted molar refractivity (Wildman–Crippen MR) is 125 cm³/mol. The molecule has 1 saturated heterocycles. The molecule has 0 atom stereocenters. The number of aromatic nitrogens is 5. The Kier molecular flexibility index (Phi) is 6.74. The van der Waals surface area contributed by atoms with Crippen molar-refractivity contribution in [3.05, 3.63) is 36.4 Å². The smallest absolute Gasteiger partial charge is 0.226 e. The first kappa shape index (κ1) is 21.1. The zero-order chi connectivity index (χ0) is 21.6. The fraction of sp³-hybridized carbons (Fsp3) is 0.565. The highest BCUT2D eigenvalue weighted by Gasteiger charge is 2.21. The lowest BCUT2D eigenvalue weighted by molar-refractivity contribution is 0.0398. The summed E-state index contributed by atoms with van der Waals surface area (Å²) in [6, 6.07) is 4.47. The summed E-state index contributed by atoms with van der Waals surface area (Å²) in [6.45, 7) is 5.97. The SMILES string of the molecule is c1cncc(CNc2nc(NCCN3CCOCC3)nc3c2ncn3C2CCCCC2)c1. The van der Waals surface area contributed by atoms with Crippen LogP contribution in [-0.4, -0.2) is 68.8 Å². The maximum atomic E-state index is 5.44. The van der Waals surface area contributed by atoms with Crippen molar-refractivity contribution in [2.24, 2.45) is 0 Å². The lowest BCUT2D eigenvalue weighted by atomic mass is 9.95. The molecule has 1 aliphatic heterocycles. The van der Waals surface area contributed by atoms with Crippen LogP contribution in [0.5, 0.6) is 0 Å². The highest BCUT2D eigenvalue weighted by atomic mass is 16.5. The Morgan fingerprint density at radius 3 is 2.75 bits per heavy atom. The van der Waals surface area contributed by atoms with E-state index in [0.29, 0.717) is 18.5 Å². The molecule has 170 valence electrons. The van der Waals surface area contributed by atoms with Gasteiger partial charge in [0, 0.05) is 51.2 Å². The van der Waals surface area contributed by atoms with Crippen molar-refractivity contribution >= 4 is 22.9 Å². The first-order valence-electron chi connectivity index (χ1n) is 11.8. The molecule has 2 fully saturated rings. The number of hydrogen-bond donors (Lipinski definition) is 2. The summed E-state index contributed by atoms with van der Waals surface area (Å²) in [5.74, 6) is 1.42. The molecule has 1 saturated carbocycles. The van der Waals surface area contributed by atoms with Crippen LogP contribution in [0.2, 0.25) is 0 Å². The number of pyridine rings is 1. The van der Waals surface area contributed by atoms with Crippen LogP contribution >= 0.6 is 0 Å². The van der Waals surface area contributed by atoms with Crippen molar-refractivity contribution in [2.45, 2.75) is 44.7 Å². The molecular weight excluding hydrogens is 404 g/mol. The van der Waals surface area contributed by atoms with E-state index in [1.165, 1.54) is 32.1 Å². The van der Waals surface area contributed by atoms with Crippen LogP contribution in [0.15, 0.2) is 30.9 Å². The van der Waals surface area contributed by atoms with Crippen molar-refractivity contribution in [1.82, 2.24) is 29.4 Å². The van der Waals surface area contributed by atoms with Crippen LogP contribution in [0.4, 0.5) is 11.8 Å². The predicted octanol–water partition coefficient (Wildman–Crippen LogP) is 3.08. The summed E-state index contributed by atoms with van der Waals surface area (Å²) in [7, 11) is 0. The van der Waals surface area contributed by atoms with Crippen molar-refractivity contribution in [3.8, 4) is 0 Å². The molecule has 0 unspecified atom stereocenters. The van der Waals surface area contributed by atoms with Gasteiger partial charge in [-0.3, -0.25) is 9.88 Å². The Labute approximate surface area is 188 Å². The second-order valence-electron chi connectivity index (χ2n) is 8.61. The van der Waals surface area contributed by atoms with E-state index in [4.69, 9.17) is 19.7 Å². The Balaban J connectivity index is 1.37. The van der Waals surface area contributed by atoms with Crippen LogP contribution in [0.25, 0.3) is 11.2 Å². The Morgan fingerprint density at radius 1 is 1.06 bits per heavy atom. The molecule has 9 heteroatoms. The molecular formula is C23H32N8O. The van der Waals surface area contributed by atoms with Gasteiger partial charge >= 0.3 is 0 Å². The molecule has 3 aromatic rings. The van der Waals surface area contributed by atoms with Crippen LogP contribution in [0.1, 0.15) is 43.7 Å². The van der Waals surface area contributed by atoms with Crippen molar-refractivity contribution < 1.29 is 4.74 Å². The second-order valence-corrected chi connectivity index (χ2v) is 8.61. The summed E-state index contributed by atoms with van der Waals surface area (Å²) >= 11 is 0. The number of nitrogens with zero attached hydrogens (tertiary/aromatic N) is 6. The van der Waals surface area contributed by atoms with Crippen LogP contribution < -0.4 is 10.6 Å². The fourth-order valence-electron chi connectivity index (χ4n) is 4.58. The maximum Gasteiger partial charge on any atom is 0.226 e. The molecule has 2 N–H and O–H groups in total. The topological polar surface area (TPSA) is 93.0 Å². The third-order valence-corrected chi connectivity index (χ3v) is 6.39. The van der Waals surface area contributed by atoms with E-state index < -0.39 is 0 Å². The Hall–Kier alpha value is -2.78. The molecule has 0 radical (unpaired) electrons. The lowest BCUT2D eigenvalue weighted by Gasteiger charge is -2.26. The Morgan fingerprint density at radius 2 is 1.94 bits per heavy atom. The van der Waals surface area contributed by atoms with Gasteiger partial charge < -0.3 is 19.9 Å². The first-order valence-corrected chi connectivity index (χ1v) is 11.8. The molecule has 5 rings (SSSR count). The van der Waals surface area contributed by atoms with Crippen LogP contribution in [0.3, 0.4) is 0 Å². The van der Waals surface area contributed by atoms with E-state index in [-0.39, 0.29) is 0 Å². The molecule has 2 aliphatic rings. The fourth-order valence-corrected chi connectivity index (χ4v) is 4.58. The van der Waals surface area contributed by atoms with Gasteiger partial charge in [-0.1, -0.05) is 25.3 Å². The largest absolute Gasteiger partial charge is 0.379 e. The van der Waals surface area contributed by atoms with Crippen molar-refractivity contribution in [2.75, 3.05) is 50.0 Å². The van der Waals surface area contributed by atoms with Crippen molar-refractivity contribution in [3.63, 3.8) is 0 Å². The van der Waals surface area contributed by atoms with E-state index in [1.54, 1.807) is 6.20 Å². The first-order chi connectivity index (χ1) is 15.9. The zero-order valence-corrected chi connectivity index (χ0v) is 18.5. The number of morpholine rings is 1. The van der Waals surface area contributed by atoms with E-state index in [1.807, 2.05) is 18.6 Å². The number of imidazole rings is 1. The maximum absolute atomic E-state index is 5.44. The van der Waals surface area contributed by atoms with Gasteiger partial charge in [0.2, 0.25) is 5.95 Å². The molecule has 0 amide bonds. The molecule has 0 spiro atoms. The number of anilines is 2. The number of rotatable bonds is 8. The molecule has 4 heterocycles. The quantitative estimate of drug-likeness (QED) is 0.557. The minimum Gasteiger partial charge on any atom is -0.379 e. The second kappa shape index (κ2) is 10.2. The van der Waals surface area contributed by atoms with Gasteiger partial charge in [-0.05, 0) is 24.5 Å². The average molecular weight is 437 g/mol. The molecule has 3 aromatic heterocycles. The van der Waals surface area contributed by atoms with Crippen LogP contribution in [0, 0.1) is 0 Å². The number of nitrogens with one attached hydrogen (secondary N) is 2. The summed E-state index contributed by atoms with van der Waals surface area (Å²) in [5, 5.41) is 6.91. The molecule has 1 aliphatic carbocycles. The molecule has 0 aromatic carbocycles. The van der Waals surface area contributed by atoms with Gasteiger partial charge in [-0.15, -0.1) is 0 Å². The summed E-state index contributed by atoms with van der Waals surface area (Å²) in [6.07, 6.45) is 11.8. The van der Waals surface area contributed by atoms with E-state index in [9.17, 15) is 0 Å². The standard InChI is InChI=1S/C23H32N8O/c1-2-6-19(7-3-1)31-17-27-20-21(26-16-18-5-4-8-24-15-18)28-23(29-22(20)31)25-9-10-30-11-13-32-14-12-30/h4-5,8,15,17,19H,1-3,6-7,9-14,16H2,(H2,25,26,28,29). The number of ether oxygens (including phenoxy) is 1. The van der Waals surface area contributed by atoms with Gasteiger partial charge in [0.25, 0.3) is 0 Å². The lowest BCUT2D eigenvalue weighted by Crippen LogP contribution is -2.39. The van der Waals surface area contributed by atoms with E-state index in [2.05, 4.69) is 31.2 Å².